The molecule has 1 heterocycles. The van der Waals surface area contributed by atoms with Crippen molar-refractivity contribution in [3.63, 3.8) is 0 Å². The van der Waals surface area contributed by atoms with Crippen molar-refractivity contribution < 1.29 is 13.6 Å². The molecule has 0 radical (unpaired) electrons. The lowest BCUT2D eigenvalue weighted by atomic mass is 10.3. The molecule has 6 heteroatoms. The van der Waals surface area contributed by atoms with Crippen molar-refractivity contribution in [2.45, 2.75) is 13.8 Å². The summed E-state index contributed by atoms with van der Waals surface area (Å²) in [6.45, 7) is 8.46. The Morgan fingerprint density at radius 2 is 1.90 bits per heavy atom. The summed E-state index contributed by atoms with van der Waals surface area (Å²) in [5.74, 6) is -1.34. The van der Waals surface area contributed by atoms with E-state index in [9.17, 15) is 13.6 Å². The number of amides is 2. The number of urea groups is 1. The average Bonchev–Trinajstić information content (AvgIpc) is 2.82. The average molecular weight is 297 g/mol. The second-order valence-corrected chi connectivity index (χ2v) is 5.04. The summed E-state index contributed by atoms with van der Waals surface area (Å²) >= 11 is 0. The molecule has 1 aromatic carbocycles. The highest BCUT2D eigenvalue weighted by Crippen LogP contribution is 2.24. The third-order valence-corrected chi connectivity index (χ3v) is 3.88. The number of rotatable bonds is 6. The van der Waals surface area contributed by atoms with Gasteiger partial charge in [-0.15, -0.1) is 0 Å². The van der Waals surface area contributed by atoms with Gasteiger partial charge in [-0.05, 0) is 25.2 Å². The Hall–Kier alpha value is -1.69. The fourth-order valence-electron chi connectivity index (χ4n) is 2.52. The standard InChI is InChI=1S/C15H21F2N3O/c1-3-18(4-2)7-8-19-9-10-20(15(19)21)14-6-5-12(16)11-13(14)17/h5-6,11H,3-4,7-10H2,1-2H3. The number of benzene rings is 1. The number of carbonyl (C=O) groups excluding carboxylic acids is 1. The molecule has 0 unspecified atom stereocenters. The van der Waals surface area contributed by atoms with E-state index >= 15 is 0 Å². The van der Waals surface area contributed by atoms with Crippen molar-refractivity contribution in [1.29, 1.82) is 0 Å². The Morgan fingerprint density at radius 1 is 1.19 bits per heavy atom. The molecule has 4 nitrogen and oxygen atoms in total. The first-order valence-electron chi connectivity index (χ1n) is 7.30. The van der Waals surface area contributed by atoms with E-state index in [1.54, 1.807) is 4.90 Å². The predicted molar refractivity (Wildman–Crippen MR) is 78.5 cm³/mol. The van der Waals surface area contributed by atoms with Crippen LogP contribution in [0.3, 0.4) is 0 Å². The second-order valence-electron chi connectivity index (χ2n) is 5.04. The number of nitrogens with zero attached hydrogens (tertiary/aromatic N) is 3. The molecule has 0 N–H and O–H groups in total. The Morgan fingerprint density at radius 3 is 2.52 bits per heavy atom. The van der Waals surface area contributed by atoms with Gasteiger partial charge in [0.15, 0.2) is 0 Å². The monoisotopic (exact) mass is 297 g/mol. The molecule has 1 aliphatic rings. The highest BCUT2D eigenvalue weighted by molar-refractivity contribution is 5.94. The van der Waals surface area contributed by atoms with E-state index in [-0.39, 0.29) is 11.7 Å². The number of halogens is 2. The van der Waals surface area contributed by atoms with Gasteiger partial charge in [-0.2, -0.15) is 0 Å². The zero-order valence-electron chi connectivity index (χ0n) is 12.5. The zero-order valence-corrected chi connectivity index (χ0v) is 12.5. The van der Waals surface area contributed by atoms with Crippen LogP contribution in [0, 0.1) is 11.6 Å². The zero-order chi connectivity index (χ0) is 15.4. The first-order valence-corrected chi connectivity index (χ1v) is 7.30. The first kappa shape index (κ1) is 15.7. The van der Waals surface area contributed by atoms with Crippen LogP contribution in [0.25, 0.3) is 0 Å². The molecule has 0 spiro atoms. The maximum Gasteiger partial charge on any atom is 0.324 e. The summed E-state index contributed by atoms with van der Waals surface area (Å²) in [7, 11) is 0. The van der Waals surface area contributed by atoms with Crippen molar-refractivity contribution in [1.82, 2.24) is 9.80 Å². The minimum Gasteiger partial charge on any atom is -0.321 e. The minimum absolute atomic E-state index is 0.145. The summed E-state index contributed by atoms with van der Waals surface area (Å²) < 4.78 is 26.7. The van der Waals surface area contributed by atoms with Gasteiger partial charge in [-0.3, -0.25) is 4.90 Å². The van der Waals surface area contributed by atoms with Gasteiger partial charge in [-0.25, -0.2) is 13.6 Å². The fourth-order valence-corrected chi connectivity index (χ4v) is 2.52. The fraction of sp³-hybridized carbons (Fsp3) is 0.533. The Balaban J connectivity index is 2.01. The van der Waals surface area contributed by atoms with Gasteiger partial charge in [0.1, 0.15) is 11.6 Å². The van der Waals surface area contributed by atoms with Crippen molar-refractivity contribution in [2.24, 2.45) is 0 Å². The first-order chi connectivity index (χ1) is 10.1. The smallest absolute Gasteiger partial charge is 0.321 e. The molecule has 0 bridgehead atoms. The summed E-state index contributed by atoms with van der Waals surface area (Å²) in [6.07, 6.45) is 0. The molecule has 21 heavy (non-hydrogen) atoms. The molecular weight excluding hydrogens is 276 g/mol. The van der Waals surface area contributed by atoms with Crippen molar-refractivity contribution in [3.8, 4) is 0 Å². The topological polar surface area (TPSA) is 26.8 Å². The van der Waals surface area contributed by atoms with Crippen molar-refractivity contribution in [3.05, 3.63) is 29.8 Å². The molecule has 116 valence electrons. The lowest BCUT2D eigenvalue weighted by Gasteiger charge is -2.23. The maximum absolute atomic E-state index is 13.8. The summed E-state index contributed by atoms with van der Waals surface area (Å²) in [4.78, 5) is 17.6. The molecule has 1 aromatic rings. The molecular formula is C15H21F2N3O. The molecule has 0 atom stereocenters. The largest absolute Gasteiger partial charge is 0.324 e. The molecule has 1 saturated heterocycles. The van der Waals surface area contributed by atoms with Crippen molar-refractivity contribution >= 4 is 11.7 Å². The Bertz CT molecular complexity index is 506. The summed E-state index contributed by atoms with van der Waals surface area (Å²) in [5, 5.41) is 0. The summed E-state index contributed by atoms with van der Waals surface area (Å²) in [6, 6.07) is 3.08. The Labute approximate surface area is 123 Å². The second kappa shape index (κ2) is 6.85. The Kier molecular flexibility index (Phi) is 5.12. The van der Waals surface area contributed by atoms with Crippen LogP contribution in [0.5, 0.6) is 0 Å². The SMILES string of the molecule is CCN(CC)CCN1CCN(c2ccc(F)cc2F)C1=O. The van der Waals surface area contributed by atoms with E-state index in [4.69, 9.17) is 0 Å². The van der Waals surface area contributed by atoms with Gasteiger partial charge in [-0.1, -0.05) is 13.8 Å². The van der Waals surface area contributed by atoms with E-state index in [0.717, 1.165) is 25.7 Å². The lowest BCUT2D eigenvalue weighted by Crippen LogP contribution is -2.38. The highest BCUT2D eigenvalue weighted by Gasteiger charge is 2.31. The van der Waals surface area contributed by atoms with Crippen LogP contribution in [-0.4, -0.2) is 55.1 Å². The van der Waals surface area contributed by atoms with Gasteiger partial charge in [0.05, 0.1) is 5.69 Å². The molecule has 0 saturated carbocycles. The van der Waals surface area contributed by atoms with E-state index in [1.807, 2.05) is 0 Å². The van der Waals surface area contributed by atoms with Crippen LogP contribution in [0.15, 0.2) is 18.2 Å². The van der Waals surface area contributed by atoms with Gasteiger partial charge in [0.2, 0.25) is 0 Å². The summed E-state index contributed by atoms with van der Waals surface area (Å²) in [5.41, 5.74) is 0.145. The third kappa shape index (κ3) is 3.50. The van der Waals surface area contributed by atoms with Gasteiger partial charge < -0.3 is 9.80 Å². The van der Waals surface area contributed by atoms with Crippen LogP contribution in [-0.2, 0) is 0 Å². The number of hydrogen-bond donors (Lipinski definition) is 0. The van der Waals surface area contributed by atoms with E-state index in [0.29, 0.717) is 19.6 Å². The van der Waals surface area contributed by atoms with Gasteiger partial charge in [0, 0.05) is 32.2 Å². The van der Waals surface area contributed by atoms with Crippen LogP contribution >= 0.6 is 0 Å². The van der Waals surface area contributed by atoms with Crippen LogP contribution in [0.2, 0.25) is 0 Å². The number of anilines is 1. The molecule has 0 aromatic heterocycles. The minimum atomic E-state index is -0.700. The van der Waals surface area contributed by atoms with E-state index in [1.165, 1.54) is 17.0 Å². The number of likely N-dealkylation sites (N-methyl/N-ethyl adjacent to an activating group) is 1. The van der Waals surface area contributed by atoms with Crippen molar-refractivity contribution in [2.75, 3.05) is 44.2 Å². The molecule has 2 rings (SSSR count). The number of carbonyl (C=O) groups is 1. The number of hydrogen-bond acceptors (Lipinski definition) is 2. The quantitative estimate of drug-likeness (QED) is 0.807. The molecule has 1 fully saturated rings. The van der Waals surface area contributed by atoms with Crippen LogP contribution < -0.4 is 4.90 Å². The maximum atomic E-state index is 13.8. The predicted octanol–water partition coefficient (Wildman–Crippen LogP) is 2.55. The van der Waals surface area contributed by atoms with Gasteiger partial charge >= 0.3 is 6.03 Å². The normalized spacial score (nSPS) is 15.4. The highest BCUT2D eigenvalue weighted by atomic mass is 19.1. The van der Waals surface area contributed by atoms with Gasteiger partial charge in [0.25, 0.3) is 0 Å². The van der Waals surface area contributed by atoms with Crippen LogP contribution in [0.1, 0.15) is 13.8 Å². The molecule has 1 aliphatic heterocycles. The van der Waals surface area contributed by atoms with Crippen LogP contribution in [0.4, 0.5) is 19.3 Å². The van der Waals surface area contributed by atoms with E-state index < -0.39 is 11.6 Å². The third-order valence-electron chi connectivity index (χ3n) is 3.88. The van der Waals surface area contributed by atoms with E-state index in [2.05, 4.69) is 18.7 Å². The lowest BCUT2D eigenvalue weighted by molar-refractivity contribution is 0.207. The molecule has 2 amide bonds. The molecule has 0 aliphatic carbocycles.